The normalized spacial score (nSPS) is 17.4. The Bertz CT molecular complexity index is 1380. The zero-order valence-corrected chi connectivity index (χ0v) is 25.2. The molecule has 0 spiro atoms. The van der Waals surface area contributed by atoms with Crippen LogP contribution in [0.1, 0.15) is 86.0 Å². The number of halogens is 1. The molecular formula is C34H39ClN2O4. The summed E-state index contributed by atoms with van der Waals surface area (Å²) in [7, 11) is 1.42. The molecule has 1 aliphatic rings. The number of nitrogens with zero attached hydrogens (tertiary/aromatic N) is 1. The van der Waals surface area contributed by atoms with Crippen molar-refractivity contribution in [2.45, 2.75) is 71.4 Å². The number of carbonyl (C=O) groups excluding carboxylic acids is 3. The van der Waals surface area contributed by atoms with Crippen molar-refractivity contribution in [3.8, 4) is 0 Å². The first-order valence-corrected chi connectivity index (χ1v) is 14.6. The Hall–Kier alpha value is -3.64. The molecule has 1 N–H and O–H groups in total. The highest BCUT2D eigenvalue weighted by molar-refractivity contribution is 6.30. The number of para-hydroxylation sites is 1. The second-order valence-corrected chi connectivity index (χ2v) is 12.0. The number of hydrogen-bond donors (Lipinski definition) is 1. The van der Waals surface area contributed by atoms with Gasteiger partial charge in [-0.2, -0.15) is 0 Å². The summed E-state index contributed by atoms with van der Waals surface area (Å²) in [5.74, 6) is -0.711. The SMILES string of the molecule is COC(=O)C(C)(C)CCCc1ccc(C(=O)N2c3ccccc3C(C(=O)NC(C)c3ccc(Cl)cc3)CC2C)cc1. The summed E-state index contributed by atoms with van der Waals surface area (Å²) in [5.41, 5.74) is 3.79. The third-order valence-corrected chi connectivity index (χ3v) is 8.31. The molecule has 0 fully saturated rings. The van der Waals surface area contributed by atoms with E-state index in [9.17, 15) is 14.4 Å². The van der Waals surface area contributed by atoms with Gasteiger partial charge in [-0.15, -0.1) is 0 Å². The fraction of sp³-hybridized carbons (Fsp3) is 0.382. The summed E-state index contributed by atoms with van der Waals surface area (Å²) in [4.78, 5) is 41.0. The zero-order chi connectivity index (χ0) is 29.7. The molecule has 4 rings (SSSR count). The Morgan fingerprint density at radius 1 is 1.02 bits per heavy atom. The predicted molar refractivity (Wildman–Crippen MR) is 163 cm³/mol. The second-order valence-electron chi connectivity index (χ2n) is 11.6. The average Bonchev–Trinajstić information content (AvgIpc) is 2.96. The van der Waals surface area contributed by atoms with E-state index in [-0.39, 0.29) is 35.8 Å². The van der Waals surface area contributed by atoms with Crippen LogP contribution in [0.2, 0.25) is 5.02 Å². The summed E-state index contributed by atoms with van der Waals surface area (Å²) < 4.78 is 4.90. The Labute approximate surface area is 248 Å². The molecule has 1 aliphatic heterocycles. The number of esters is 1. The van der Waals surface area contributed by atoms with E-state index in [0.29, 0.717) is 17.0 Å². The number of nitrogens with one attached hydrogen (secondary N) is 1. The van der Waals surface area contributed by atoms with Crippen LogP contribution in [0.5, 0.6) is 0 Å². The maximum Gasteiger partial charge on any atom is 0.311 e. The molecular weight excluding hydrogens is 536 g/mol. The lowest BCUT2D eigenvalue weighted by molar-refractivity contribution is -0.151. The Morgan fingerprint density at radius 2 is 1.68 bits per heavy atom. The third-order valence-electron chi connectivity index (χ3n) is 8.06. The lowest BCUT2D eigenvalue weighted by Crippen LogP contribution is -2.46. The van der Waals surface area contributed by atoms with Gasteiger partial charge < -0.3 is 15.0 Å². The van der Waals surface area contributed by atoms with Crippen LogP contribution in [0.3, 0.4) is 0 Å². The molecule has 3 aromatic carbocycles. The highest BCUT2D eigenvalue weighted by Gasteiger charge is 2.37. The van der Waals surface area contributed by atoms with Crippen LogP contribution in [-0.4, -0.2) is 30.9 Å². The molecule has 3 atom stereocenters. The number of ether oxygens (including phenoxy) is 1. The lowest BCUT2D eigenvalue weighted by atomic mass is 9.84. The van der Waals surface area contributed by atoms with Gasteiger partial charge in [0.15, 0.2) is 0 Å². The number of methoxy groups -OCH3 is 1. The highest BCUT2D eigenvalue weighted by atomic mass is 35.5. The van der Waals surface area contributed by atoms with E-state index in [4.69, 9.17) is 16.3 Å². The summed E-state index contributed by atoms with van der Waals surface area (Å²) in [5, 5.41) is 3.81. The molecule has 6 nitrogen and oxygen atoms in total. The van der Waals surface area contributed by atoms with Crippen LogP contribution >= 0.6 is 11.6 Å². The molecule has 216 valence electrons. The summed E-state index contributed by atoms with van der Waals surface area (Å²) in [6.07, 6.45) is 2.89. The van der Waals surface area contributed by atoms with Crippen molar-refractivity contribution in [3.63, 3.8) is 0 Å². The van der Waals surface area contributed by atoms with E-state index >= 15 is 0 Å². The highest BCUT2D eigenvalue weighted by Crippen LogP contribution is 2.39. The summed E-state index contributed by atoms with van der Waals surface area (Å²) in [6, 6.07) is 22.5. The first-order chi connectivity index (χ1) is 19.5. The van der Waals surface area contributed by atoms with Gasteiger partial charge in [-0.05, 0) is 100 Å². The van der Waals surface area contributed by atoms with Crippen LogP contribution in [0.25, 0.3) is 0 Å². The predicted octanol–water partition coefficient (Wildman–Crippen LogP) is 7.26. The maximum atomic E-state index is 13.8. The summed E-state index contributed by atoms with van der Waals surface area (Å²) >= 11 is 6.02. The molecule has 1 heterocycles. The van der Waals surface area contributed by atoms with Gasteiger partial charge in [-0.25, -0.2) is 0 Å². The van der Waals surface area contributed by atoms with Crippen molar-refractivity contribution in [1.29, 1.82) is 0 Å². The van der Waals surface area contributed by atoms with Gasteiger partial charge in [-0.1, -0.05) is 54.1 Å². The van der Waals surface area contributed by atoms with Gasteiger partial charge in [0.05, 0.1) is 24.5 Å². The number of hydrogen-bond acceptors (Lipinski definition) is 4. The zero-order valence-electron chi connectivity index (χ0n) is 24.4. The number of anilines is 1. The van der Waals surface area contributed by atoms with E-state index in [1.165, 1.54) is 7.11 Å². The molecule has 0 saturated carbocycles. The van der Waals surface area contributed by atoms with E-state index in [2.05, 4.69) is 5.32 Å². The first kappa shape index (κ1) is 30.3. The molecule has 41 heavy (non-hydrogen) atoms. The van der Waals surface area contributed by atoms with E-state index < -0.39 is 5.41 Å². The monoisotopic (exact) mass is 574 g/mol. The number of rotatable bonds is 9. The minimum absolute atomic E-state index is 0.0569. The van der Waals surface area contributed by atoms with Crippen LogP contribution in [-0.2, 0) is 20.7 Å². The fourth-order valence-corrected chi connectivity index (χ4v) is 5.71. The van der Waals surface area contributed by atoms with Gasteiger partial charge in [0, 0.05) is 22.3 Å². The lowest BCUT2D eigenvalue weighted by Gasteiger charge is -2.39. The van der Waals surface area contributed by atoms with Crippen LogP contribution in [0, 0.1) is 5.41 Å². The molecule has 3 unspecified atom stereocenters. The number of amides is 2. The second kappa shape index (κ2) is 12.9. The van der Waals surface area contributed by atoms with Crippen molar-refractivity contribution in [1.82, 2.24) is 5.32 Å². The number of carbonyl (C=O) groups is 3. The molecule has 3 aromatic rings. The van der Waals surface area contributed by atoms with Crippen molar-refractivity contribution in [3.05, 3.63) is 100 Å². The molecule has 0 saturated heterocycles. The average molecular weight is 575 g/mol. The van der Waals surface area contributed by atoms with Crippen LogP contribution in [0.15, 0.2) is 72.8 Å². The van der Waals surface area contributed by atoms with Gasteiger partial charge in [0.2, 0.25) is 5.91 Å². The molecule has 0 bridgehead atoms. The molecule has 0 aliphatic carbocycles. The topological polar surface area (TPSA) is 75.7 Å². The number of aryl methyl sites for hydroxylation is 1. The molecule has 2 amide bonds. The molecule has 0 radical (unpaired) electrons. The summed E-state index contributed by atoms with van der Waals surface area (Å²) in [6.45, 7) is 7.74. The standard InChI is InChI=1S/C34H39ClN2O4/c1-22-21-29(31(38)36-23(2)25-16-18-27(35)19-17-25)28-10-6-7-11-30(28)37(22)32(39)26-14-12-24(13-15-26)9-8-20-34(3,4)33(40)41-5/h6-7,10-19,22-23,29H,8-9,20-21H2,1-5H3,(H,36,38). The third kappa shape index (κ3) is 6.99. The minimum Gasteiger partial charge on any atom is -0.469 e. The number of fused-ring (bicyclic) bond motifs is 1. The number of benzene rings is 3. The van der Waals surface area contributed by atoms with Crippen molar-refractivity contribution in [2.75, 3.05) is 12.0 Å². The van der Waals surface area contributed by atoms with Gasteiger partial charge in [0.1, 0.15) is 0 Å². The van der Waals surface area contributed by atoms with Crippen LogP contribution < -0.4 is 10.2 Å². The Kier molecular flexibility index (Phi) is 9.54. The first-order valence-electron chi connectivity index (χ1n) is 14.2. The quantitative estimate of drug-likeness (QED) is 0.273. The van der Waals surface area contributed by atoms with E-state index in [0.717, 1.165) is 41.6 Å². The van der Waals surface area contributed by atoms with Crippen molar-refractivity contribution >= 4 is 35.1 Å². The van der Waals surface area contributed by atoms with Gasteiger partial charge in [-0.3, -0.25) is 14.4 Å². The van der Waals surface area contributed by atoms with Gasteiger partial charge >= 0.3 is 5.97 Å². The largest absolute Gasteiger partial charge is 0.469 e. The Balaban J connectivity index is 1.46. The maximum absolute atomic E-state index is 13.8. The van der Waals surface area contributed by atoms with Crippen LogP contribution in [0.4, 0.5) is 5.69 Å². The fourth-order valence-electron chi connectivity index (χ4n) is 5.58. The minimum atomic E-state index is -0.523. The van der Waals surface area contributed by atoms with Gasteiger partial charge in [0.25, 0.3) is 5.91 Å². The van der Waals surface area contributed by atoms with E-state index in [1.54, 1.807) is 0 Å². The van der Waals surface area contributed by atoms with Crippen molar-refractivity contribution < 1.29 is 19.1 Å². The molecule has 7 heteroatoms. The van der Waals surface area contributed by atoms with Crippen molar-refractivity contribution in [2.24, 2.45) is 5.41 Å². The Morgan fingerprint density at radius 3 is 2.34 bits per heavy atom. The van der Waals surface area contributed by atoms with E-state index in [1.807, 2.05) is 105 Å². The molecule has 0 aromatic heterocycles. The smallest absolute Gasteiger partial charge is 0.311 e.